The third-order valence-electron chi connectivity index (χ3n) is 4.57. The standard InChI is InChI=1S/C19H31N3O3/c1-3-25-17-8-7-15(12-18(17)24-2)14-22-11-5-4-6-16(22)13-21-19(23)9-10-20/h7-8,12,16H,3-6,9-11,13-14,20H2,1-2H3,(H,21,23). The van der Waals surface area contributed by atoms with Gasteiger partial charge in [-0.15, -0.1) is 0 Å². The first-order chi connectivity index (χ1) is 12.2. The Labute approximate surface area is 150 Å². The summed E-state index contributed by atoms with van der Waals surface area (Å²) in [6, 6.07) is 6.48. The van der Waals surface area contributed by atoms with E-state index in [1.54, 1.807) is 7.11 Å². The highest BCUT2D eigenvalue weighted by Gasteiger charge is 2.23. The number of rotatable bonds is 9. The molecule has 140 valence electrons. The van der Waals surface area contributed by atoms with Crippen molar-refractivity contribution in [1.82, 2.24) is 10.2 Å². The van der Waals surface area contributed by atoms with Crippen LogP contribution in [-0.4, -0.2) is 50.2 Å². The molecule has 1 heterocycles. The van der Waals surface area contributed by atoms with Gasteiger partial charge in [0.1, 0.15) is 0 Å². The Bertz CT molecular complexity index is 551. The second-order valence-corrected chi connectivity index (χ2v) is 6.38. The van der Waals surface area contributed by atoms with E-state index in [0.29, 0.717) is 32.2 Å². The molecule has 1 fully saturated rings. The summed E-state index contributed by atoms with van der Waals surface area (Å²) >= 11 is 0. The van der Waals surface area contributed by atoms with Gasteiger partial charge in [0.2, 0.25) is 5.91 Å². The maximum absolute atomic E-state index is 11.7. The average Bonchev–Trinajstić information content (AvgIpc) is 2.62. The number of benzene rings is 1. The van der Waals surface area contributed by atoms with Crippen LogP contribution in [0.15, 0.2) is 18.2 Å². The minimum absolute atomic E-state index is 0.0377. The molecule has 1 unspecified atom stereocenters. The normalized spacial score (nSPS) is 18.0. The number of methoxy groups -OCH3 is 1. The number of ether oxygens (including phenoxy) is 2. The van der Waals surface area contributed by atoms with Gasteiger partial charge in [-0.25, -0.2) is 0 Å². The van der Waals surface area contributed by atoms with Gasteiger partial charge in [-0.1, -0.05) is 12.5 Å². The molecule has 1 amide bonds. The van der Waals surface area contributed by atoms with E-state index in [0.717, 1.165) is 31.0 Å². The van der Waals surface area contributed by atoms with Gasteiger partial charge in [-0.2, -0.15) is 0 Å². The summed E-state index contributed by atoms with van der Waals surface area (Å²) in [5.74, 6) is 1.58. The molecule has 6 heteroatoms. The average molecular weight is 349 g/mol. The zero-order chi connectivity index (χ0) is 18.1. The molecule has 1 saturated heterocycles. The lowest BCUT2D eigenvalue weighted by molar-refractivity contribution is -0.121. The fourth-order valence-electron chi connectivity index (χ4n) is 3.27. The molecule has 25 heavy (non-hydrogen) atoms. The van der Waals surface area contributed by atoms with Gasteiger partial charge in [-0.05, 0) is 44.0 Å². The lowest BCUT2D eigenvalue weighted by Crippen LogP contribution is -2.46. The summed E-state index contributed by atoms with van der Waals surface area (Å²) in [6.45, 7) is 5.56. The van der Waals surface area contributed by atoms with Crippen LogP contribution in [0.25, 0.3) is 0 Å². The Morgan fingerprint density at radius 2 is 2.20 bits per heavy atom. The number of hydrogen-bond donors (Lipinski definition) is 2. The fraction of sp³-hybridized carbons (Fsp3) is 0.632. The van der Waals surface area contributed by atoms with E-state index in [1.165, 1.54) is 18.4 Å². The number of amides is 1. The van der Waals surface area contributed by atoms with Gasteiger partial charge in [0.05, 0.1) is 13.7 Å². The summed E-state index contributed by atoms with van der Waals surface area (Å²) in [5, 5.41) is 3.01. The van der Waals surface area contributed by atoms with Gasteiger partial charge in [0, 0.05) is 32.1 Å². The molecule has 1 aliphatic rings. The molecule has 6 nitrogen and oxygen atoms in total. The minimum atomic E-state index is 0.0377. The smallest absolute Gasteiger partial charge is 0.221 e. The molecular weight excluding hydrogens is 318 g/mol. The molecule has 0 bridgehead atoms. The Morgan fingerprint density at radius 3 is 2.92 bits per heavy atom. The van der Waals surface area contributed by atoms with Crippen molar-refractivity contribution >= 4 is 5.91 Å². The van der Waals surface area contributed by atoms with Crippen LogP contribution < -0.4 is 20.5 Å². The topological polar surface area (TPSA) is 76.8 Å². The van der Waals surface area contributed by atoms with Crippen LogP contribution >= 0.6 is 0 Å². The molecule has 0 aromatic heterocycles. The maximum Gasteiger partial charge on any atom is 0.221 e. The first-order valence-corrected chi connectivity index (χ1v) is 9.18. The van der Waals surface area contributed by atoms with Crippen molar-refractivity contribution in [2.24, 2.45) is 5.73 Å². The molecule has 0 aliphatic carbocycles. The Kier molecular flexibility index (Phi) is 8.01. The maximum atomic E-state index is 11.7. The van der Waals surface area contributed by atoms with Gasteiger partial charge < -0.3 is 20.5 Å². The summed E-state index contributed by atoms with van der Waals surface area (Å²) in [7, 11) is 1.66. The minimum Gasteiger partial charge on any atom is -0.493 e. The highest BCUT2D eigenvalue weighted by atomic mass is 16.5. The molecule has 0 radical (unpaired) electrons. The van der Waals surface area contributed by atoms with Crippen molar-refractivity contribution in [3.63, 3.8) is 0 Å². The number of carbonyl (C=O) groups is 1. The van der Waals surface area contributed by atoms with Crippen molar-refractivity contribution in [2.45, 2.75) is 45.2 Å². The highest BCUT2D eigenvalue weighted by molar-refractivity contribution is 5.76. The first kappa shape index (κ1) is 19.5. The molecule has 3 N–H and O–H groups in total. The van der Waals surface area contributed by atoms with Crippen molar-refractivity contribution < 1.29 is 14.3 Å². The van der Waals surface area contributed by atoms with Crippen LogP contribution in [0.5, 0.6) is 11.5 Å². The number of nitrogens with two attached hydrogens (primary N) is 1. The van der Waals surface area contributed by atoms with Gasteiger partial charge in [0.15, 0.2) is 11.5 Å². The third kappa shape index (κ3) is 5.90. The van der Waals surface area contributed by atoms with Crippen LogP contribution in [-0.2, 0) is 11.3 Å². The first-order valence-electron chi connectivity index (χ1n) is 9.18. The molecule has 0 saturated carbocycles. The van der Waals surface area contributed by atoms with Crippen LogP contribution in [0.4, 0.5) is 0 Å². The van der Waals surface area contributed by atoms with Gasteiger partial charge in [-0.3, -0.25) is 9.69 Å². The second-order valence-electron chi connectivity index (χ2n) is 6.38. The number of nitrogens with zero attached hydrogens (tertiary/aromatic N) is 1. The Morgan fingerprint density at radius 1 is 1.36 bits per heavy atom. The van der Waals surface area contributed by atoms with Crippen LogP contribution in [0.3, 0.4) is 0 Å². The number of piperidine rings is 1. The van der Waals surface area contributed by atoms with Crippen LogP contribution in [0, 0.1) is 0 Å². The van der Waals surface area contributed by atoms with Crippen molar-refractivity contribution in [3.05, 3.63) is 23.8 Å². The Hall–Kier alpha value is -1.79. The molecular formula is C19H31N3O3. The molecule has 0 spiro atoms. The summed E-state index contributed by atoms with van der Waals surface area (Å²) < 4.78 is 11.0. The van der Waals surface area contributed by atoms with Crippen LogP contribution in [0.2, 0.25) is 0 Å². The molecule has 2 rings (SSSR count). The summed E-state index contributed by atoms with van der Waals surface area (Å²) in [6.07, 6.45) is 3.90. The number of likely N-dealkylation sites (tertiary alicyclic amines) is 1. The predicted molar refractivity (Wildman–Crippen MR) is 98.9 cm³/mol. The van der Waals surface area contributed by atoms with Gasteiger partial charge >= 0.3 is 0 Å². The van der Waals surface area contributed by atoms with E-state index in [1.807, 2.05) is 19.1 Å². The molecule has 1 aromatic rings. The van der Waals surface area contributed by atoms with E-state index >= 15 is 0 Å². The van der Waals surface area contributed by atoms with Crippen molar-refractivity contribution in [2.75, 3.05) is 33.4 Å². The van der Waals surface area contributed by atoms with E-state index < -0.39 is 0 Å². The second kappa shape index (κ2) is 10.3. The fourth-order valence-corrected chi connectivity index (χ4v) is 3.27. The summed E-state index contributed by atoms with van der Waals surface area (Å²) in [4.78, 5) is 14.1. The number of nitrogens with one attached hydrogen (secondary N) is 1. The Balaban J connectivity index is 1.99. The van der Waals surface area contributed by atoms with E-state index in [-0.39, 0.29) is 5.91 Å². The van der Waals surface area contributed by atoms with E-state index in [2.05, 4.69) is 16.3 Å². The molecule has 1 aromatic carbocycles. The lowest BCUT2D eigenvalue weighted by atomic mass is 10.0. The highest BCUT2D eigenvalue weighted by Crippen LogP contribution is 2.29. The summed E-state index contributed by atoms with van der Waals surface area (Å²) in [5.41, 5.74) is 6.63. The lowest BCUT2D eigenvalue weighted by Gasteiger charge is -2.36. The van der Waals surface area contributed by atoms with Crippen molar-refractivity contribution in [1.29, 1.82) is 0 Å². The zero-order valence-corrected chi connectivity index (χ0v) is 15.4. The van der Waals surface area contributed by atoms with E-state index in [9.17, 15) is 4.79 Å². The zero-order valence-electron chi connectivity index (χ0n) is 15.4. The quantitative estimate of drug-likeness (QED) is 0.712. The van der Waals surface area contributed by atoms with Crippen LogP contribution in [0.1, 0.15) is 38.2 Å². The number of carbonyl (C=O) groups excluding carboxylic acids is 1. The number of hydrogen-bond acceptors (Lipinski definition) is 5. The largest absolute Gasteiger partial charge is 0.493 e. The van der Waals surface area contributed by atoms with Gasteiger partial charge in [0.25, 0.3) is 0 Å². The van der Waals surface area contributed by atoms with E-state index in [4.69, 9.17) is 15.2 Å². The third-order valence-corrected chi connectivity index (χ3v) is 4.57. The molecule has 1 atom stereocenters. The SMILES string of the molecule is CCOc1ccc(CN2CCCCC2CNC(=O)CCN)cc1OC. The monoisotopic (exact) mass is 349 g/mol. The van der Waals surface area contributed by atoms with Crippen molar-refractivity contribution in [3.8, 4) is 11.5 Å². The molecule has 1 aliphatic heterocycles. The predicted octanol–water partition coefficient (Wildman–Crippen LogP) is 1.91.